The molecule has 2 N–H and O–H groups in total. The number of aliphatic hydroxyl groups excluding tert-OH is 1. The van der Waals surface area contributed by atoms with Crippen molar-refractivity contribution in [3.05, 3.63) is 71.2 Å². The van der Waals surface area contributed by atoms with Gasteiger partial charge in [0, 0.05) is 6.54 Å². The first-order valence-electron chi connectivity index (χ1n) is 7.91. The van der Waals surface area contributed by atoms with Crippen molar-refractivity contribution in [3.8, 4) is 5.75 Å². The molecule has 0 bridgehead atoms. The van der Waals surface area contributed by atoms with Gasteiger partial charge in [0.25, 0.3) is 0 Å². The first kappa shape index (κ1) is 18.7. The second-order valence-corrected chi connectivity index (χ2v) is 7.91. The Balaban J connectivity index is 1.80. The van der Waals surface area contributed by atoms with Crippen LogP contribution in [0.1, 0.15) is 11.7 Å². The van der Waals surface area contributed by atoms with Crippen LogP contribution in [0.25, 0.3) is 10.8 Å². The highest BCUT2D eigenvalue weighted by Gasteiger charge is 2.19. The number of nitrogens with one attached hydrogen (secondary N) is 1. The summed E-state index contributed by atoms with van der Waals surface area (Å²) in [5.41, 5.74) is 0.665. The minimum Gasteiger partial charge on any atom is -0.495 e. The fraction of sp³-hybridized carbons (Fsp3) is 0.158. The van der Waals surface area contributed by atoms with E-state index in [1.54, 1.807) is 6.07 Å². The van der Waals surface area contributed by atoms with Gasteiger partial charge in [-0.25, -0.2) is 13.1 Å². The zero-order valence-corrected chi connectivity index (χ0v) is 15.6. The third-order valence-electron chi connectivity index (χ3n) is 4.08. The number of hydrogen-bond acceptors (Lipinski definition) is 4. The van der Waals surface area contributed by atoms with Crippen molar-refractivity contribution >= 4 is 32.4 Å². The minimum absolute atomic E-state index is 0.00780. The highest BCUT2D eigenvalue weighted by Crippen LogP contribution is 2.27. The lowest BCUT2D eigenvalue weighted by atomic mass is 10.0. The summed E-state index contributed by atoms with van der Waals surface area (Å²) in [4.78, 5) is 0.00780. The molecule has 136 valence electrons. The molecule has 1 atom stereocenters. The van der Waals surface area contributed by atoms with Gasteiger partial charge in [-0.05, 0) is 34.5 Å². The zero-order chi connectivity index (χ0) is 18.7. The topological polar surface area (TPSA) is 75.6 Å². The summed E-state index contributed by atoms with van der Waals surface area (Å²) in [6.07, 6.45) is -0.982. The van der Waals surface area contributed by atoms with E-state index in [-0.39, 0.29) is 16.5 Å². The second-order valence-electron chi connectivity index (χ2n) is 5.73. The molecule has 7 heteroatoms. The molecule has 5 nitrogen and oxygen atoms in total. The van der Waals surface area contributed by atoms with E-state index in [9.17, 15) is 13.5 Å². The molecule has 0 radical (unpaired) electrons. The van der Waals surface area contributed by atoms with E-state index < -0.39 is 16.1 Å². The zero-order valence-electron chi connectivity index (χ0n) is 14.0. The molecule has 3 rings (SSSR count). The maximum Gasteiger partial charge on any atom is 0.240 e. The Labute approximate surface area is 157 Å². The monoisotopic (exact) mass is 391 g/mol. The molecule has 0 aliphatic heterocycles. The summed E-state index contributed by atoms with van der Waals surface area (Å²) in [6.45, 7) is -0.153. The van der Waals surface area contributed by atoms with Gasteiger partial charge < -0.3 is 9.84 Å². The predicted molar refractivity (Wildman–Crippen MR) is 102 cm³/mol. The summed E-state index contributed by atoms with van der Waals surface area (Å²) in [5, 5.41) is 12.6. The Morgan fingerprint density at radius 2 is 1.85 bits per heavy atom. The third-order valence-corrected chi connectivity index (χ3v) is 5.80. The molecule has 26 heavy (non-hydrogen) atoms. The quantitative estimate of drug-likeness (QED) is 0.674. The van der Waals surface area contributed by atoms with Gasteiger partial charge in [-0.1, -0.05) is 54.1 Å². The van der Waals surface area contributed by atoms with E-state index in [1.807, 2.05) is 36.4 Å². The number of hydrogen-bond donors (Lipinski definition) is 2. The van der Waals surface area contributed by atoms with Crippen LogP contribution in [0.5, 0.6) is 5.75 Å². The summed E-state index contributed by atoms with van der Waals surface area (Å²) in [7, 11) is -2.36. The van der Waals surface area contributed by atoms with Crippen LogP contribution >= 0.6 is 11.6 Å². The number of aliphatic hydroxyl groups is 1. The van der Waals surface area contributed by atoms with Crippen LogP contribution in [0.4, 0.5) is 0 Å². The van der Waals surface area contributed by atoms with Gasteiger partial charge in [-0.15, -0.1) is 0 Å². The molecule has 3 aromatic rings. The Morgan fingerprint density at radius 3 is 2.58 bits per heavy atom. The fourth-order valence-electron chi connectivity index (χ4n) is 2.74. The van der Waals surface area contributed by atoms with Crippen LogP contribution in [0.15, 0.2) is 65.6 Å². The van der Waals surface area contributed by atoms with Gasteiger partial charge in [0.2, 0.25) is 10.0 Å². The molecule has 0 fully saturated rings. The van der Waals surface area contributed by atoms with Gasteiger partial charge in [-0.3, -0.25) is 0 Å². The molecule has 0 heterocycles. The standard InChI is InChI=1S/C19H18ClNO4S/c1-25-19-10-9-14(11-17(19)20)26(23,24)21-12-18(22)16-8-4-6-13-5-2-3-7-15(13)16/h2-11,18,21-22H,12H2,1H3. The lowest BCUT2D eigenvalue weighted by Crippen LogP contribution is -2.28. The maximum absolute atomic E-state index is 12.5. The highest BCUT2D eigenvalue weighted by atomic mass is 35.5. The van der Waals surface area contributed by atoms with Crippen molar-refractivity contribution in [1.82, 2.24) is 4.72 Å². The molecule has 3 aromatic carbocycles. The van der Waals surface area contributed by atoms with Crippen molar-refractivity contribution in [1.29, 1.82) is 0 Å². The average molecular weight is 392 g/mol. The second kappa shape index (κ2) is 7.63. The Kier molecular flexibility index (Phi) is 5.48. The molecule has 0 aliphatic rings. The first-order chi connectivity index (χ1) is 12.4. The van der Waals surface area contributed by atoms with Crippen LogP contribution in [-0.4, -0.2) is 27.2 Å². The Hall–Kier alpha value is -2.12. The van der Waals surface area contributed by atoms with E-state index in [0.29, 0.717) is 11.3 Å². The molecule has 0 saturated carbocycles. The SMILES string of the molecule is COc1ccc(S(=O)(=O)NCC(O)c2cccc3ccccc23)cc1Cl. The van der Waals surface area contributed by atoms with Crippen LogP contribution in [0.3, 0.4) is 0 Å². The molecule has 0 spiro atoms. The number of fused-ring (bicyclic) bond motifs is 1. The number of sulfonamides is 1. The lowest BCUT2D eigenvalue weighted by molar-refractivity contribution is 0.183. The van der Waals surface area contributed by atoms with Gasteiger partial charge in [-0.2, -0.15) is 0 Å². The number of benzene rings is 3. The Morgan fingerprint density at radius 1 is 1.12 bits per heavy atom. The molecular formula is C19H18ClNO4S. The predicted octanol–water partition coefficient (Wildman–Crippen LogP) is 3.51. The van der Waals surface area contributed by atoms with Crippen molar-refractivity contribution < 1.29 is 18.3 Å². The number of halogens is 1. The summed E-state index contributed by atoms with van der Waals surface area (Å²) in [6, 6.07) is 17.4. The van der Waals surface area contributed by atoms with Crippen LogP contribution < -0.4 is 9.46 Å². The lowest BCUT2D eigenvalue weighted by Gasteiger charge is -2.15. The largest absolute Gasteiger partial charge is 0.495 e. The molecule has 0 saturated heterocycles. The van der Waals surface area contributed by atoms with Gasteiger partial charge >= 0.3 is 0 Å². The summed E-state index contributed by atoms with van der Waals surface area (Å²) >= 11 is 5.99. The van der Waals surface area contributed by atoms with E-state index in [4.69, 9.17) is 16.3 Å². The minimum atomic E-state index is -3.81. The first-order valence-corrected chi connectivity index (χ1v) is 9.77. The molecule has 0 aliphatic carbocycles. The van der Waals surface area contributed by atoms with E-state index in [1.165, 1.54) is 25.3 Å². The Bertz CT molecular complexity index is 1030. The van der Waals surface area contributed by atoms with Gasteiger partial charge in [0.15, 0.2) is 0 Å². The summed E-state index contributed by atoms with van der Waals surface area (Å²) in [5.74, 6) is 0.390. The van der Waals surface area contributed by atoms with Crippen LogP contribution in [0, 0.1) is 0 Å². The normalized spacial score (nSPS) is 12.9. The number of ether oxygens (including phenoxy) is 1. The number of methoxy groups -OCH3 is 1. The van der Waals surface area contributed by atoms with E-state index in [2.05, 4.69) is 4.72 Å². The van der Waals surface area contributed by atoms with E-state index in [0.717, 1.165) is 10.8 Å². The molecule has 0 aromatic heterocycles. The van der Waals surface area contributed by atoms with Crippen molar-refractivity contribution in [2.75, 3.05) is 13.7 Å². The van der Waals surface area contributed by atoms with E-state index >= 15 is 0 Å². The third kappa shape index (κ3) is 3.83. The molecule has 0 amide bonds. The van der Waals surface area contributed by atoms with Crippen molar-refractivity contribution in [3.63, 3.8) is 0 Å². The average Bonchev–Trinajstić information content (AvgIpc) is 2.65. The fourth-order valence-corrected chi connectivity index (χ4v) is 4.12. The molecular weight excluding hydrogens is 374 g/mol. The maximum atomic E-state index is 12.5. The molecule has 1 unspecified atom stereocenters. The van der Waals surface area contributed by atoms with Crippen LogP contribution in [0.2, 0.25) is 5.02 Å². The summed E-state index contributed by atoms with van der Waals surface area (Å²) < 4.78 is 32.4. The van der Waals surface area contributed by atoms with Gasteiger partial charge in [0.05, 0.1) is 23.1 Å². The smallest absolute Gasteiger partial charge is 0.240 e. The highest BCUT2D eigenvalue weighted by molar-refractivity contribution is 7.89. The van der Waals surface area contributed by atoms with Crippen molar-refractivity contribution in [2.45, 2.75) is 11.0 Å². The number of rotatable bonds is 6. The van der Waals surface area contributed by atoms with Crippen molar-refractivity contribution in [2.24, 2.45) is 0 Å². The van der Waals surface area contributed by atoms with Crippen LogP contribution in [-0.2, 0) is 10.0 Å². The van der Waals surface area contributed by atoms with Gasteiger partial charge in [0.1, 0.15) is 5.75 Å².